The zero-order chi connectivity index (χ0) is 30.3. The van der Waals surface area contributed by atoms with E-state index >= 15 is 0 Å². The SMILES string of the molecule is [2H]C([2H])([2H])N1C(=O)c2cccc(OC(F)F)c2[C@H]2C[C@@H]1c1nc3ccc(C#CC4(C)CCN(C(=O)C5CC5)CC4)cc3n12. The van der Waals surface area contributed by atoms with Gasteiger partial charge in [0.2, 0.25) is 5.91 Å². The van der Waals surface area contributed by atoms with Crippen LogP contribution in [0.25, 0.3) is 11.0 Å². The number of alkyl halides is 2. The average molecular weight is 548 g/mol. The van der Waals surface area contributed by atoms with Gasteiger partial charge in [0, 0.05) is 58.6 Å². The number of carbonyl (C=O) groups excluding carboxylic acids is 2. The minimum atomic E-state index is -3.12. The third-order valence-electron chi connectivity index (χ3n) is 8.76. The number of hydrogen-bond donors (Lipinski definition) is 0. The minimum Gasteiger partial charge on any atom is -0.434 e. The van der Waals surface area contributed by atoms with Gasteiger partial charge in [0.25, 0.3) is 5.91 Å². The van der Waals surface area contributed by atoms with Crippen molar-refractivity contribution in [2.45, 2.75) is 57.7 Å². The zero-order valence-electron chi connectivity index (χ0n) is 25.0. The summed E-state index contributed by atoms with van der Waals surface area (Å²) < 4.78 is 58.1. The van der Waals surface area contributed by atoms with Crippen molar-refractivity contribution in [3.05, 3.63) is 58.9 Å². The number of benzene rings is 2. The van der Waals surface area contributed by atoms with Gasteiger partial charge < -0.3 is 19.1 Å². The van der Waals surface area contributed by atoms with Gasteiger partial charge in [-0.3, -0.25) is 9.59 Å². The second-order valence-corrected chi connectivity index (χ2v) is 11.5. The Morgan fingerprint density at radius 2 is 2.00 bits per heavy atom. The molecule has 2 amide bonds. The van der Waals surface area contributed by atoms with Crippen LogP contribution in [0, 0.1) is 23.2 Å². The standard InChI is InChI=1S/C31H30F2N4O3/c1-31(12-14-36(15-13-31)28(38)19-7-8-19)11-10-18-6-9-21-22(16-18)37-23-17-24(27(37)34-21)35(2)29(39)20-4-3-5-25(26(20)23)40-30(32)33/h3-6,9,16,19,23-24,30H,7-8,12-15,17H2,1-2H3/t23-,24-/m1/s1/i2D3. The van der Waals surface area contributed by atoms with Crippen molar-refractivity contribution in [3.63, 3.8) is 0 Å². The van der Waals surface area contributed by atoms with Gasteiger partial charge >= 0.3 is 6.61 Å². The second kappa shape index (κ2) is 9.05. The highest BCUT2D eigenvalue weighted by Crippen LogP contribution is 2.50. The molecule has 7 nitrogen and oxygen atoms in total. The van der Waals surface area contributed by atoms with Crippen molar-refractivity contribution in [3.8, 4) is 17.6 Å². The number of rotatable bonds is 3. The monoisotopic (exact) mass is 547 g/mol. The summed E-state index contributed by atoms with van der Waals surface area (Å²) in [6, 6.07) is 8.23. The third kappa shape index (κ3) is 4.04. The Kier molecular flexibility index (Phi) is 4.94. The van der Waals surface area contributed by atoms with Crippen LogP contribution in [0.4, 0.5) is 8.78 Å². The summed E-state index contributed by atoms with van der Waals surface area (Å²) in [5.41, 5.74) is 1.98. The quantitative estimate of drug-likeness (QED) is 0.426. The number of imidazole rings is 1. The van der Waals surface area contributed by atoms with Crippen LogP contribution in [-0.4, -0.2) is 57.8 Å². The fourth-order valence-electron chi connectivity index (χ4n) is 6.34. The molecule has 2 bridgehead atoms. The normalized spacial score (nSPS) is 24.4. The topological polar surface area (TPSA) is 67.7 Å². The molecule has 3 aromatic rings. The first-order chi connectivity index (χ1) is 20.4. The smallest absolute Gasteiger partial charge is 0.387 e. The lowest BCUT2D eigenvalue weighted by Crippen LogP contribution is -2.42. The Morgan fingerprint density at radius 1 is 1.20 bits per heavy atom. The van der Waals surface area contributed by atoms with Crippen LogP contribution in [0.2, 0.25) is 0 Å². The van der Waals surface area contributed by atoms with Crippen LogP contribution in [0.1, 0.15) is 82.5 Å². The zero-order valence-corrected chi connectivity index (χ0v) is 22.0. The fraction of sp³-hybridized carbons (Fsp3) is 0.452. The van der Waals surface area contributed by atoms with Gasteiger partial charge in [0.15, 0.2) is 0 Å². The minimum absolute atomic E-state index is 0.0182. The highest BCUT2D eigenvalue weighted by atomic mass is 19.3. The summed E-state index contributed by atoms with van der Waals surface area (Å²) in [7, 11) is 0. The fourth-order valence-corrected chi connectivity index (χ4v) is 6.34. The molecule has 0 N–H and O–H groups in total. The summed E-state index contributed by atoms with van der Waals surface area (Å²) in [6.45, 7) is -2.41. The molecule has 1 aliphatic carbocycles. The molecular weight excluding hydrogens is 514 g/mol. The first-order valence-electron chi connectivity index (χ1n) is 15.2. The molecule has 40 heavy (non-hydrogen) atoms. The number of carbonyl (C=O) groups is 2. The lowest BCUT2D eigenvalue weighted by atomic mass is 9.80. The van der Waals surface area contributed by atoms with Crippen molar-refractivity contribution < 1.29 is 27.2 Å². The third-order valence-corrected chi connectivity index (χ3v) is 8.76. The lowest BCUT2D eigenvalue weighted by molar-refractivity contribution is -0.134. The summed E-state index contributed by atoms with van der Waals surface area (Å²) >= 11 is 0. The van der Waals surface area contributed by atoms with Crippen LogP contribution in [0.3, 0.4) is 0 Å². The molecule has 0 spiro atoms. The first kappa shape index (κ1) is 21.8. The Morgan fingerprint density at radius 3 is 2.73 bits per heavy atom. The molecule has 1 saturated heterocycles. The number of amides is 2. The molecule has 1 saturated carbocycles. The van der Waals surface area contributed by atoms with E-state index in [4.69, 9.17) is 13.8 Å². The molecule has 2 aromatic carbocycles. The lowest BCUT2D eigenvalue weighted by Gasteiger charge is -2.36. The molecule has 2 fully saturated rings. The Labute approximate surface area is 235 Å². The van der Waals surface area contributed by atoms with Crippen molar-refractivity contribution in [2.75, 3.05) is 20.1 Å². The maximum Gasteiger partial charge on any atom is 0.387 e. The van der Waals surface area contributed by atoms with Gasteiger partial charge in [-0.1, -0.05) is 17.9 Å². The molecule has 0 radical (unpaired) electrons. The molecule has 4 heterocycles. The van der Waals surface area contributed by atoms with Gasteiger partial charge in [-0.15, -0.1) is 0 Å². The van der Waals surface area contributed by atoms with Gasteiger partial charge in [0.05, 0.1) is 23.1 Å². The molecule has 4 aliphatic rings. The molecule has 9 heteroatoms. The van der Waals surface area contributed by atoms with Gasteiger partial charge in [0.1, 0.15) is 11.6 Å². The highest BCUT2D eigenvalue weighted by Gasteiger charge is 2.45. The van der Waals surface area contributed by atoms with E-state index in [2.05, 4.69) is 18.8 Å². The highest BCUT2D eigenvalue weighted by molar-refractivity contribution is 5.98. The number of halogens is 2. The van der Waals surface area contributed by atoms with Crippen molar-refractivity contribution in [2.24, 2.45) is 11.3 Å². The number of aromatic nitrogens is 2. The van der Waals surface area contributed by atoms with Gasteiger partial charge in [-0.05, 0) is 62.9 Å². The maximum absolute atomic E-state index is 13.6. The summed E-state index contributed by atoms with van der Waals surface area (Å²) in [4.78, 5) is 33.6. The van der Waals surface area contributed by atoms with E-state index in [1.54, 1.807) is 6.07 Å². The van der Waals surface area contributed by atoms with Crippen molar-refractivity contribution >= 4 is 22.8 Å². The van der Waals surface area contributed by atoms with Crippen LogP contribution < -0.4 is 4.74 Å². The summed E-state index contributed by atoms with van der Waals surface area (Å²) in [5, 5.41) is 0. The van der Waals surface area contributed by atoms with Crippen LogP contribution in [0.15, 0.2) is 36.4 Å². The van der Waals surface area contributed by atoms with E-state index in [0.717, 1.165) is 36.1 Å². The number of piperidine rings is 1. The summed E-state index contributed by atoms with van der Waals surface area (Å²) in [6.07, 6.45) is 3.71. The summed E-state index contributed by atoms with van der Waals surface area (Å²) in [5.74, 6) is 6.65. The molecule has 2 atom stereocenters. The number of hydrogen-bond acceptors (Lipinski definition) is 4. The Balaban J connectivity index is 1.28. The number of nitrogens with zero attached hydrogens (tertiary/aromatic N) is 4. The van der Waals surface area contributed by atoms with E-state index < -0.39 is 31.6 Å². The van der Waals surface area contributed by atoms with E-state index in [9.17, 15) is 18.4 Å². The Hall–Kier alpha value is -3.93. The van der Waals surface area contributed by atoms with Crippen LogP contribution >= 0.6 is 0 Å². The predicted molar refractivity (Wildman–Crippen MR) is 144 cm³/mol. The average Bonchev–Trinajstić information content (AvgIpc) is 3.67. The van der Waals surface area contributed by atoms with Crippen LogP contribution in [0.5, 0.6) is 5.75 Å². The van der Waals surface area contributed by atoms with Crippen LogP contribution in [-0.2, 0) is 4.79 Å². The van der Waals surface area contributed by atoms with E-state index in [0.29, 0.717) is 29.9 Å². The second-order valence-electron chi connectivity index (χ2n) is 11.5. The molecule has 7 rings (SSSR count). The Bertz CT molecular complexity index is 1710. The van der Waals surface area contributed by atoms with E-state index in [1.807, 2.05) is 21.6 Å². The number of ether oxygens (including phenoxy) is 1. The van der Waals surface area contributed by atoms with Crippen molar-refractivity contribution in [1.82, 2.24) is 19.4 Å². The van der Waals surface area contributed by atoms with E-state index in [1.165, 1.54) is 18.2 Å². The molecule has 206 valence electrons. The number of likely N-dealkylation sites (tertiary alicyclic amines) is 1. The van der Waals surface area contributed by atoms with Crippen molar-refractivity contribution in [1.29, 1.82) is 0 Å². The van der Waals surface area contributed by atoms with Gasteiger partial charge in [-0.25, -0.2) is 4.98 Å². The number of fused-ring (bicyclic) bond motifs is 9. The molecule has 1 aromatic heterocycles. The predicted octanol–water partition coefficient (Wildman–Crippen LogP) is 5.15. The van der Waals surface area contributed by atoms with Gasteiger partial charge in [-0.2, -0.15) is 8.78 Å². The first-order valence-corrected chi connectivity index (χ1v) is 13.7. The maximum atomic E-state index is 13.6. The molecule has 3 aliphatic heterocycles. The van der Waals surface area contributed by atoms with E-state index in [-0.39, 0.29) is 40.5 Å². The molecule has 0 unspecified atom stereocenters. The molecular formula is C31H30F2N4O3. The largest absolute Gasteiger partial charge is 0.434 e.